The number of carbonyl (C=O) groups excluding carboxylic acids is 1. The van der Waals surface area contributed by atoms with Gasteiger partial charge in [0.15, 0.2) is 0 Å². The molecule has 1 amide bonds. The van der Waals surface area contributed by atoms with E-state index in [2.05, 4.69) is 11.4 Å². The lowest BCUT2D eigenvalue weighted by atomic mass is 9.93. The lowest BCUT2D eigenvalue weighted by Gasteiger charge is -2.36. The summed E-state index contributed by atoms with van der Waals surface area (Å²) in [4.78, 5) is 15.4. The molecule has 0 unspecified atom stereocenters. The Kier molecular flexibility index (Phi) is 5.02. The second-order valence-corrected chi connectivity index (χ2v) is 7.61. The molecule has 21 heavy (non-hydrogen) atoms. The summed E-state index contributed by atoms with van der Waals surface area (Å²) < 4.78 is 0. The number of amides is 1. The Bertz CT molecular complexity index is 530. The van der Waals surface area contributed by atoms with Gasteiger partial charge >= 0.3 is 0 Å². The molecule has 0 bridgehead atoms. The standard InChI is InChI=1S/C16H23N3OS/c1-16(2,3)15(20)19-6-4-13(5-7-19)18-10-14-8-12(9-17)11-21-14/h8,11,13,18H,4-7,10H2,1-3H3. The monoisotopic (exact) mass is 305 g/mol. The molecule has 0 radical (unpaired) electrons. The zero-order valence-electron chi connectivity index (χ0n) is 13.0. The first-order valence-electron chi connectivity index (χ1n) is 7.40. The molecule has 1 saturated heterocycles. The van der Waals surface area contributed by atoms with Crippen LogP contribution in [0.1, 0.15) is 44.1 Å². The van der Waals surface area contributed by atoms with Crippen molar-refractivity contribution in [1.29, 1.82) is 5.26 Å². The highest BCUT2D eigenvalue weighted by atomic mass is 32.1. The van der Waals surface area contributed by atoms with Crippen molar-refractivity contribution in [1.82, 2.24) is 10.2 Å². The van der Waals surface area contributed by atoms with Gasteiger partial charge in [-0.2, -0.15) is 5.26 Å². The van der Waals surface area contributed by atoms with E-state index in [0.717, 1.165) is 38.0 Å². The number of rotatable bonds is 3. The number of nitrogens with zero attached hydrogens (tertiary/aromatic N) is 2. The Morgan fingerprint density at radius 3 is 2.67 bits per heavy atom. The third kappa shape index (κ3) is 4.29. The molecule has 0 spiro atoms. The summed E-state index contributed by atoms with van der Waals surface area (Å²) in [5, 5.41) is 14.2. The third-order valence-corrected chi connectivity index (χ3v) is 4.71. The SMILES string of the molecule is CC(C)(C)C(=O)N1CCC(NCc2cc(C#N)cs2)CC1. The van der Waals surface area contributed by atoms with Crippen molar-refractivity contribution in [2.24, 2.45) is 5.41 Å². The summed E-state index contributed by atoms with van der Waals surface area (Å²) in [6.07, 6.45) is 2.00. The number of likely N-dealkylation sites (tertiary alicyclic amines) is 1. The zero-order chi connectivity index (χ0) is 15.5. The summed E-state index contributed by atoms with van der Waals surface area (Å²) in [5.74, 6) is 0.248. The minimum atomic E-state index is -0.287. The number of thiophene rings is 1. The second-order valence-electron chi connectivity index (χ2n) is 6.61. The van der Waals surface area contributed by atoms with Gasteiger partial charge in [-0.1, -0.05) is 20.8 Å². The molecule has 2 heterocycles. The largest absolute Gasteiger partial charge is 0.342 e. The van der Waals surface area contributed by atoms with Crippen LogP contribution in [-0.4, -0.2) is 29.9 Å². The van der Waals surface area contributed by atoms with Gasteiger partial charge in [0.25, 0.3) is 0 Å². The van der Waals surface area contributed by atoms with Crippen LogP contribution in [0.4, 0.5) is 0 Å². The van der Waals surface area contributed by atoms with Gasteiger partial charge in [0.05, 0.1) is 5.56 Å². The minimum Gasteiger partial charge on any atom is -0.342 e. The molecule has 1 fully saturated rings. The first-order chi connectivity index (χ1) is 9.90. The van der Waals surface area contributed by atoms with Crippen LogP contribution in [0.2, 0.25) is 0 Å². The Labute approximate surface area is 130 Å². The number of hydrogen-bond acceptors (Lipinski definition) is 4. The van der Waals surface area contributed by atoms with Crippen LogP contribution in [0.15, 0.2) is 11.4 Å². The maximum Gasteiger partial charge on any atom is 0.227 e. The van der Waals surface area contributed by atoms with Crippen LogP contribution in [0, 0.1) is 16.7 Å². The van der Waals surface area contributed by atoms with Gasteiger partial charge in [-0.05, 0) is 18.9 Å². The van der Waals surface area contributed by atoms with Crippen LogP contribution < -0.4 is 5.32 Å². The summed E-state index contributed by atoms with van der Waals surface area (Å²) in [5.41, 5.74) is 0.452. The minimum absolute atomic E-state index is 0.248. The van der Waals surface area contributed by atoms with Crippen molar-refractivity contribution < 1.29 is 4.79 Å². The molecule has 4 nitrogen and oxygen atoms in total. The first-order valence-corrected chi connectivity index (χ1v) is 8.28. The van der Waals surface area contributed by atoms with Crippen LogP contribution in [-0.2, 0) is 11.3 Å². The predicted octanol–water partition coefficient (Wildman–Crippen LogP) is 2.75. The molecule has 0 saturated carbocycles. The van der Waals surface area contributed by atoms with Crippen molar-refractivity contribution in [3.05, 3.63) is 21.9 Å². The highest BCUT2D eigenvalue weighted by molar-refractivity contribution is 7.10. The van der Waals surface area contributed by atoms with Crippen molar-refractivity contribution >= 4 is 17.2 Å². The van der Waals surface area contributed by atoms with Gasteiger partial charge in [0.1, 0.15) is 6.07 Å². The van der Waals surface area contributed by atoms with Crippen molar-refractivity contribution in [3.63, 3.8) is 0 Å². The van der Waals surface area contributed by atoms with E-state index in [-0.39, 0.29) is 11.3 Å². The Morgan fingerprint density at radius 1 is 1.48 bits per heavy atom. The fourth-order valence-corrected chi connectivity index (χ4v) is 3.30. The van der Waals surface area contributed by atoms with Gasteiger partial charge in [0, 0.05) is 41.3 Å². The van der Waals surface area contributed by atoms with Crippen LogP contribution in [0.5, 0.6) is 0 Å². The molecular weight excluding hydrogens is 282 g/mol. The molecular formula is C16H23N3OS. The average Bonchev–Trinajstić information content (AvgIpc) is 2.92. The molecule has 0 aliphatic carbocycles. The molecule has 1 aliphatic heterocycles. The van der Waals surface area contributed by atoms with E-state index in [1.54, 1.807) is 11.3 Å². The molecule has 1 N–H and O–H groups in total. The van der Waals surface area contributed by atoms with E-state index in [0.29, 0.717) is 6.04 Å². The number of nitrogens with one attached hydrogen (secondary N) is 1. The lowest BCUT2D eigenvalue weighted by Crippen LogP contribution is -2.48. The quantitative estimate of drug-likeness (QED) is 0.934. The van der Waals surface area contributed by atoms with E-state index >= 15 is 0 Å². The Morgan fingerprint density at radius 2 is 2.14 bits per heavy atom. The smallest absolute Gasteiger partial charge is 0.227 e. The van der Waals surface area contributed by atoms with Crippen molar-refractivity contribution in [2.45, 2.75) is 46.2 Å². The summed E-state index contributed by atoms with van der Waals surface area (Å²) in [6.45, 7) is 8.41. The average molecular weight is 305 g/mol. The Balaban J connectivity index is 1.77. The maximum absolute atomic E-state index is 12.2. The number of piperidine rings is 1. The van der Waals surface area contributed by atoms with E-state index in [1.807, 2.05) is 37.1 Å². The van der Waals surface area contributed by atoms with Crippen LogP contribution >= 0.6 is 11.3 Å². The van der Waals surface area contributed by atoms with Gasteiger partial charge in [-0.25, -0.2) is 0 Å². The normalized spacial score (nSPS) is 16.8. The van der Waals surface area contributed by atoms with Crippen LogP contribution in [0.3, 0.4) is 0 Å². The molecule has 1 aromatic rings. The fourth-order valence-electron chi connectivity index (χ4n) is 2.54. The van der Waals surface area contributed by atoms with Crippen LogP contribution in [0.25, 0.3) is 0 Å². The third-order valence-electron chi connectivity index (χ3n) is 3.77. The van der Waals surface area contributed by atoms with E-state index < -0.39 is 0 Å². The predicted molar refractivity (Wildman–Crippen MR) is 84.9 cm³/mol. The van der Waals surface area contributed by atoms with Crippen molar-refractivity contribution in [2.75, 3.05) is 13.1 Å². The second kappa shape index (κ2) is 6.59. The number of nitriles is 1. The molecule has 5 heteroatoms. The summed E-state index contributed by atoms with van der Waals surface area (Å²) in [7, 11) is 0. The first kappa shape index (κ1) is 16.0. The number of carbonyl (C=O) groups is 1. The molecule has 0 aromatic carbocycles. The van der Waals surface area contributed by atoms with E-state index in [4.69, 9.17) is 5.26 Å². The van der Waals surface area contributed by atoms with Crippen molar-refractivity contribution in [3.8, 4) is 6.07 Å². The van der Waals surface area contributed by atoms with Gasteiger partial charge in [-0.15, -0.1) is 11.3 Å². The highest BCUT2D eigenvalue weighted by Crippen LogP contribution is 2.21. The van der Waals surface area contributed by atoms with Gasteiger partial charge in [-0.3, -0.25) is 4.79 Å². The molecule has 1 aliphatic rings. The Hall–Kier alpha value is -1.38. The van der Waals surface area contributed by atoms with E-state index in [9.17, 15) is 4.79 Å². The molecule has 114 valence electrons. The summed E-state index contributed by atoms with van der Waals surface area (Å²) in [6, 6.07) is 4.56. The summed E-state index contributed by atoms with van der Waals surface area (Å²) >= 11 is 1.62. The highest BCUT2D eigenvalue weighted by Gasteiger charge is 2.30. The van der Waals surface area contributed by atoms with Gasteiger partial charge < -0.3 is 10.2 Å². The maximum atomic E-state index is 12.2. The lowest BCUT2D eigenvalue weighted by molar-refractivity contribution is -0.140. The molecule has 0 atom stereocenters. The van der Waals surface area contributed by atoms with Gasteiger partial charge in [0.2, 0.25) is 5.91 Å². The molecule has 2 rings (SSSR count). The fraction of sp³-hybridized carbons (Fsp3) is 0.625. The molecule has 1 aromatic heterocycles. The van der Waals surface area contributed by atoms with E-state index in [1.165, 1.54) is 4.88 Å². The number of hydrogen-bond donors (Lipinski definition) is 1. The topological polar surface area (TPSA) is 56.1 Å². The zero-order valence-corrected chi connectivity index (χ0v) is 13.8.